The van der Waals surface area contributed by atoms with Gasteiger partial charge >= 0.3 is 5.97 Å². The number of rotatable bonds is 3. The predicted octanol–water partition coefficient (Wildman–Crippen LogP) is 0.364. The van der Waals surface area contributed by atoms with Gasteiger partial charge in [0.05, 0.1) is 13.0 Å². The van der Waals surface area contributed by atoms with E-state index in [0.717, 1.165) is 0 Å². The Labute approximate surface area is 84.0 Å². The van der Waals surface area contributed by atoms with Crippen molar-refractivity contribution in [2.45, 2.75) is 19.8 Å². The summed E-state index contributed by atoms with van der Waals surface area (Å²) in [7, 11) is 1.38. The second kappa shape index (κ2) is 5.10. The summed E-state index contributed by atoms with van der Waals surface area (Å²) in [5.74, 6) is -0.163. The highest BCUT2D eigenvalue weighted by atomic mass is 16.5. The number of carbonyl (C=O) groups excluding carboxylic acids is 2. The fourth-order valence-corrected chi connectivity index (χ4v) is 1.82. The zero-order valence-corrected chi connectivity index (χ0v) is 8.71. The van der Waals surface area contributed by atoms with Crippen LogP contribution in [0.15, 0.2) is 0 Å². The molecule has 0 aliphatic carbocycles. The average molecular weight is 199 g/mol. The second-order valence-electron chi connectivity index (χ2n) is 3.63. The molecular weight excluding hydrogens is 182 g/mol. The third kappa shape index (κ3) is 2.54. The maximum absolute atomic E-state index is 11.4. The summed E-state index contributed by atoms with van der Waals surface area (Å²) in [6.45, 7) is 3.17. The summed E-state index contributed by atoms with van der Waals surface area (Å²) in [5, 5.41) is 3.09. The standard InChI is InChI=1S/C10H17NO3/c1-3-9(12)7-4-8(6-11-5-7)10(13)14-2/h7-8,11H,3-6H2,1-2H3. The Balaban J connectivity index is 2.51. The summed E-state index contributed by atoms with van der Waals surface area (Å²) in [6.07, 6.45) is 1.17. The van der Waals surface area contributed by atoms with Gasteiger partial charge in [-0.1, -0.05) is 6.92 Å². The van der Waals surface area contributed by atoms with Crippen molar-refractivity contribution in [2.24, 2.45) is 11.8 Å². The maximum Gasteiger partial charge on any atom is 0.309 e. The number of piperidine rings is 1. The van der Waals surface area contributed by atoms with Crippen LogP contribution in [-0.4, -0.2) is 32.0 Å². The molecule has 0 saturated carbocycles. The van der Waals surface area contributed by atoms with E-state index >= 15 is 0 Å². The van der Waals surface area contributed by atoms with E-state index in [1.807, 2.05) is 6.92 Å². The lowest BCUT2D eigenvalue weighted by Gasteiger charge is -2.27. The van der Waals surface area contributed by atoms with E-state index < -0.39 is 0 Å². The number of ether oxygens (including phenoxy) is 1. The van der Waals surface area contributed by atoms with E-state index in [1.165, 1.54) is 7.11 Å². The van der Waals surface area contributed by atoms with Crippen LogP contribution in [0.1, 0.15) is 19.8 Å². The van der Waals surface area contributed by atoms with Gasteiger partial charge in [0.2, 0.25) is 0 Å². The number of methoxy groups -OCH3 is 1. The molecule has 0 spiro atoms. The van der Waals surface area contributed by atoms with Crippen LogP contribution in [0.5, 0.6) is 0 Å². The van der Waals surface area contributed by atoms with Gasteiger partial charge in [0.25, 0.3) is 0 Å². The van der Waals surface area contributed by atoms with Crippen molar-refractivity contribution >= 4 is 11.8 Å². The Kier molecular flexibility index (Phi) is 4.07. The van der Waals surface area contributed by atoms with Crippen LogP contribution in [0.3, 0.4) is 0 Å². The average Bonchev–Trinajstić information content (AvgIpc) is 2.27. The molecule has 1 aliphatic rings. The second-order valence-corrected chi connectivity index (χ2v) is 3.63. The molecule has 4 nitrogen and oxygen atoms in total. The number of esters is 1. The normalized spacial score (nSPS) is 27.0. The Bertz CT molecular complexity index is 205. The van der Waals surface area contributed by atoms with Crippen molar-refractivity contribution in [3.05, 3.63) is 0 Å². The van der Waals surface area contributed by atoms with Crippen LogP contribution >= 0.6 is 0 Å². The van der Waals surface area contributed by atoms with Gasteiger partial charge in [0.15, 0.2) is 0 Å². The van der Waals surface area contributed by atoms with Crippen molar-refractivity contribution < 1.29 is 14.3 Å². The molecule has 1 heterocycles. The molecule has 0 aromatic carbocycles. The number of hydrogen-bond donors (Lipinski definition) is 1. The Morgan fingerprint density at radius 1 is 1.36 bits per heavy atom. The van der Waals surface area contributed by atoms with Crippen molar-refractivity contribution in [1.82, 2.24) is 5.32 Å². The highest BCUT2D eigenvalue weighted by Crippen LogP contribution is 2.19. The van der Waals surface area contributed by atoms with E-state index in [1.54, 1.807) is 0 Å². The molecule has 2 atom stereocenters. The highest BCUT2D eigenvalue weighted by Gasteiger charge is 2.30. The van der Waals surface area contributed by atoms with Gasteiger partial charge in [-0.15, -0.1) is 0 Å². The number of ketones is 1. The van der Waals surface area contributed by atoms with Crippen LogP contribution in [0.25, 0.3) is 0 Å². The highest BCUT2D eigenvalue weighted by molar-refractivity contribution is 5.82. The van der Waals surface area contributed by atoms with Crippen LogP contribution in [0.4, 0.5) is 0 Å². The van der Waals surface area contributed by atoms with Gasteiger partial charge < -0.3 is 10.1 Å². The summed E-state index contributed by atoms with van der Waals surface area (Å²) in [5.41, 5.74) is 0. The number of Topliss-reactive ketones (excluding diaryl/α,β-unsaturated/α-hetero) is 1. The minimum Gasteiger partial charge on any atom is -0.469 e. The summed E-state index contributed by atoms with van der Waals surface area (Å²) < 4.78 is 4.66. The minimum atomic E-state index is -0.217. The molecule has 80 valence electrons. The lowest BCUT2D eigenvalue weighted by molar-refractivity contribution is -0.146. The fourth-order valence-electron chi connectivity index (χ4n) is 1.82. The Morgan fingerprint density at radius 2 is 2.00 bits per heavy atom. The van der Waals surface area contributed by atoms with E-state index in [9.17, 15) is 9.59 Å². The minimum absolute atomic E-state index is 0.0159. The van der Waals surface area contributed by atoms with Gasteiger partial charge in [-0.05, 0) is 6.42 Å². The van der Waals surface area contributed by atoms with Crippen molar-refractivity contribution in [2.75, 3.05) is 20.2 Å². The van der Waals surface area contributed by atoms with Crippen LogP contribution in [0.2, 0.25) is 0 Å². The molecule has 0 bridgehead atoms. The van der Waals surface area contributed by atoms with Crippen molar-refractivity contribution in [3.63, 3.8) is 0 Å². The first-order valence-electron chi connectivity index (χ1n) is 5.00. The third-order valence-corrected chi connectivity index (χ3v) is 2.69. The monoisotopic (exact) mass is 199 g/mol. The zero-order valence-electron chi connectivity index (χ0n) is 8.71. The van der Waals surface area contributed by atoms with E-state index in [2.05, 4.69) is 10.1 Å². The quantitative estimate of drug-likeness (QED) is 0.667. The summed E-state index contributed by atoms with van der Waals surface area (Å²) in [6, 6.07) is 0. The van der Waals surface area contributed by atoms with Gasteiger partial charge in [0.1, 0.15) is 5.78 Å². The molecule has 0 aromatic heterocycles. The van der Waals surface area contributed by atoms with Gasteiger partial charge in [-0.2, -0.15) is 0 Å². The first kappa shape index (κ1) is 11.2. The van der Waals surface area contributed by atoms with Crippen LogP contribution in [0, 0.1) is 11.8 Å². The first-order chi connectivity index (χ1) is 6.69. The molecule has 1 aliphatic heterocycles. The molecule has 0 radical (unpaired) electrons. The largest absolute Gasteiger partial charge is 0.469 e. The third-order valence-electron chi connectivity index (χ3n) is 2.69. The van der Waals surface area contributed by atoms with Crippen LogP contribution in [-0.2, 0) is 14.3 Å². The Hall–Kier alpha value is -0.900. The fraction of sp³-hybridized carbons (Fsp3) is 0.800. The summed E-state index contributed by atoms with van der Waals surface area (Å²) in [4.78, 5) is 22.7. The SMILES string of the molecule is CCC(=O)C1CNCC(C(=O)OC)C1. The molecule has 2 unspecified atom stereocenters. The first-order valence-corrected chi connectivity index (χ1v) is 5.00. The molecule has 1 saturated heterocycles. The summed E-state index contributed by atoms with van der Waals surface area (Å²) >= 11 is 0. The predicted molar refractivity (Wildman–Crippen MR) is 51.8 cm³/mol. The van der Waals surface area contributed by atoms with E-state index in [-0.39, 0.29) is 23.6 Å². The topological polar surface area (TPSA) is 55.4 Å². The number of hydrogen-bond acceptors (Lipinski definition) is 4. The molecule has 1 N–H and O–H groups in total. The maximum atomic E-state index is 11.4. The van der Waals surface area contributed by atoms with Crippen molar-refractivity contribution in [3.8, 4) is 0 Å². The molecule has 14 heavy (non-hydrogen) atoms. The zero-order chi connectivity index (χ0) is 10.6. The molecule has 4 heteroatoms. The van der Waals surface area contributed by atoms with Gasteiger partial charge in [0, 0.05) is 25.4 Å². The molecule has 0 amide bonds. The Morgan fingerprint density at radius 3 is 2.57 bits per heavy atom. The number of nitrogens with one attached hydrogen (secondary N) is 1. The molecule has 1 rings (SSSR count). The van der Waals surface area contributed by atoms with Crippen molar-refractivity contribution in [1.29, 1.82) is 0 Å². The van der Waals surface area contributed by atoms with Gasteiger partial charge in [-0.25, -0.2) is 0 Å². The number of carbonyl (C=O) groups is 2. The van der Waals surface area contributed by atoms with E-state index in [4.69, 9.17) is 0 Å². The molecular formula is C10H17NO3. The lowest BCUT2D eigenvalue weighted by Crippen LogP contribution is -2.42. The van der Waals surface area contributed by atoms with Crippen LogP contribution < -0.4 is 5.32 Å². The van der Waals surface area contributed by atoms with Gasteiger partial charge in [-0.3, -0.25) is 9.59 Å². The molecule has 0 aromatic rings. The van der Waals surface area contributed by atoms with E-state index in [0.29, 0.717) is 25.9 Å². The smallest absolute Gasteiger partial charge is 0.309 e. The lowest BCUT2D eigenvalue weighted by atomic mass is 9.87. The molecule has 1 fully saturated rings.